The van der Waals surface area contributed by atoms with E-state index in [4.69, 9.17) is 16.7 Å². The molecule has 0 fully saturated rings. The Kier molecular flexibility index (Phi) is 4.25. The van der Waals surface area contributed by atoms with Gasteiger partial charge in [-0.1, -0.05) is 11.6 Å². The molecule has 0 saturated carbocycles. The number of hydrogen-bond donors (Lipinski definition) is 1. The first-order valence-corrected chi connectivity index (χ1v) is 7.49. The molecule has 20 heavy (non-hydrogen) atoms. The standard InChI is InChI=1S/C13H13ClN2O3S/c1-8-12(14)11(16(2)15-8)7-20(19)10-5-3-9(4-6-10)13(17)18/h3-6H,7H2,1-2H3,(H,17,18). The van der Waals surface area contributed by atoms with E-state index >= 15 is 0 Å². The summed E-state index contributed by atoms with van der Waals surface area (Å²) in [6.07, 6.45) is 0. The Hall–Kier alpha value is -1.66. The van der Waals surface area contributed by atoms with Crippen molar-refractivity contribution in [2.75, 3.05) is 0 Å². The van der Waals surface area contributed by atoms with Crippen LogP contribution >= 0.6 is 11.6 Å². The maximum atomic E-state index is 12.3. The highest BCUT2D eigenvalue weighted by molar-refractivity contribution is 7.84. The molecule has 1 aromatic carbocycles. The van der Waals surface area contributed by atoms with Crippen LogP contribution in [0.1, 0.15) is 21.7 Å². The van der Waals surface area contributed by atoms with Gasteiger partial charge in [-0.25, -0.2) is 4.79 Å². The van der Waals surface area contributed by atoms with Crippen molar-refractivity contribution in [3.63, 3.8) is 0 Å². The van der Waals surface area contributed by atoms with Gasteiger partial charge < -0.3 is 5.11 Å². The third-order valence-electron chi connectivity index (χ3n) is 2.89. The van der Waals surface area contributed by atoms with Crippen molar-refractivity contribution in [2.45, 2.75) is 17.6 Å². The summed E-state index contributed by atoms with van der Waals surface area (Å²) in [6, 6.07) is 5.98. The number of nitrogens with zero attached hydrogens (tertiary/aromatic N) is 2. The maximum absolute atomic E-state index is 12.3. The van der Waals surface area contributed by atoms with Gasteiger partial charge in [-0.2, -0.15) is 5.10 Å². The van der Waals surface area contributed by atoms with E-state index in [1.807, 2.05) is 0 Å². The third-order valence-corrected chi connectivity index (χ3v) is 4.72. The van der Waals surface area contributed by atoms with Crippen LogP contribution in [0, 0.1) is 6.92 Å². The molecule has 0 aliphatic heterocycles. The molecule has 1 heterocycles. The lowest BCUT2D eigenvalue weighted by atomic mass is 10.2. The summed E-state index contributed by atoms with van der Waals surface area (Å²) in [5, 5.41) is 13.5. The highest BCUT2D eigenvalue weighted by Gasteiger charge is 2.15. The number of aromatic carboxylic acids is 1. The quantitative estimate of drug-likeness (QED) is 0.941. The lowest BCUT2D eigenvalue weighted by Crippen LogP contribution is -2.04. The number of carbonyl (C=O) groups is 1. The lowest BCUT2D eigenvalue weighted by Gasteiger charge is -2.04. The molecule has 1 atom stereocenters. The van der Waals surface area contributed by atoms with Crippen molar-refractivity contribution in [3.8, 4) is 0 Å². The van der Waals surface area contributed by atoms with Crippen molar-refractivity contribution in [2.24, 2.45) is 7.05 Å². The van der Waals surface area contributed by atoms with Crippen LogP contribution in [0.2, 0.25) is 5.02 Å². The molecule has 0 aliphatic rings. The lowest BCUT2D eigenvalue weighted by molar-refractivity contribution is 0.0697. The van der Waals surface area contributed by atoms with Crippen LogP contribution in [0.5, 0.6) is 0 Å². The molecule has 0 bridgehead atoms. The third kappa shape index (κ3) is 2.91. The zero-order chi connectivity index (χ0) is 14.9. The van der Waals surface area contributed by atoms with Gasteiger partial charge in [-0.3, -0.25) is 8.89 Å². The van der Waals surface area contributed by atoms with Crippen LogP contribution in [0.3, 0.4) is 0 Å². The summed E-state index contributed by atoms with van der Waals surface area (Å²) >= 11 is 6.12. The number of carboxylic acids is 1. The number of aromatic nitrogens is 2. The summed E-state index contributed by atoms with van der Waals surface area (Å²) in [7, 11) is 0.448. The summed E-state index contributed by atoms with van der Waals surface area (Å²) in [4.78, 5) is 11.3. The van der Waals surface area contributed by atoms with E-state index in [0.717, 1.165) is 0 Å². The van der Waals surface area contributed by atoms with Crippen molar-refractivity contribution >= 4 is 28.4 Å². The van der Waals surface area contributed by atoms with Crippen molar-refractivity contribution in [1.29, 1.82) is 0 Å². The van der Waals surface area contributed by atoms with E-state index in [2.05, 4.69) is 5.10 Å². The fourth-order valence-corrected chi connectivity index (χ4v) is 3.29. The van der Waals surface area contributed by atoms with Crippen LogP contribution in [0.25, 0.3) is 0 Å². The number of rotatable bonds is 4. The van der Waals surface area contributed by atoms with E-state index < -0.39 is 16.8 Å². The summed E-state index contributed by atoms with van der Waals surface area (Å²) in [5.41, 5.74) is 1.56. The summed E-state index contributed by atoms with van der Waals surface area (Å²) in [6.45, 7) is 1.79. The Morgan fingerprint density at radius 2 is 2.00 bits per heavy atom. The highest BCUT2D eigenvalue weighted by Crippen LogP contribution is 2.22. The van der Waals surface area contributed by atoms with Gasteiger partial charge in [-0.05, 0) is 31.2 Å². The van der Waals surface area contributed by atoms with Gasteiger partial charge in [0, 0.05) is 11.9 Å². The highest BCUT2D eigenvalue weighted by atomic mass is 35.5. The average Bonchev–Trinajstić information content (AvgIpc) is 2.65. The van der Waals surface area contributed by atoms with Crippen molar-refractivity contribution in [1.82, 2.24) is 9.78 Å². The van der Waals surface area contributed by atoms with Gasteiger partial charge in [0.15, 0.2) is 0 Å². The number of aryl methyl sites for hydroxylation is 2. The van der Waals surface area contributed by atoms with Crippen molar-refractivity contribution in [3.05, 3.63) is 46.2 Å². The number of carboxylic acid groups (broad SMARTS) is 1. The fraction of sp³-hybridized carbons (Fsp3) is 0.231. The van der Waals surface area contributed by atoms with Crippen LogP contribution in [-0.4, -0.2) is 25.1 Å². The summed E-state index contributed by atoms with van der Waals surface area (Å²) < 4.78 is 13.9. The van der Waals surface area contributed by atoms with E-state index in [0.29, 0.717) is 21.3 Å². The molecular formula is C13H13ClN2O3S. The average molecular weight is 313 g/mol. The van der Waals surface area contributed by atoms with E-state index in [1.165, 1.54) is 12.1 Å². The largest absolute Gasteiger partial charge is 0.478 e. The first kappa shape index (κ1) is 14.7. The van der Waals surface area contributed by atoms with Crippen molar-refractivity contribution < 1.29 is 14.1 Å². The SMILES string of the molecule is Cc1nn(C)c(CS(=O)c2ccc(C(=O)O)cc2)c1Cl. The Labute approximate surface area is 123 Å². The number of benzene rings is 1. The van der Waals surface area contributed by atoms with Crippen LogP contribution < -0.4 is 0 Å². The zero-order valence-corrected chi connectivity index (χ0v) is 12.5. The maximum Gasteiger partial charge on any atom is 0.335 e. The van der Waals surface area contributed by atoms with Gasteiger partial charge >= 0.3 is 5.97 Å². The Balaban J connectivity index is 2.22. The molecule has 7 heteroatoms. The minimum Gasteiger partial charge on any atom is -0.478 e. The fourth-order valence-electron chi connectivity index (χ4n) is 1.79. The van der Waals surface area contributed by atoms with E-state index in [9.17, 15) is 9.00 Å². The van der Waals surface area contributed by atoms with Gasteiger partial charge in [0.25, 0.3) is 0 Å². The second-order valence-corrected chi connectivity index (χ2v) is 6.12. The van der Waals surface area contributed by atoms with E-state index in [1.54, 1.807) is 30.8 Å². The molecule has 2 rings (SSSR count). The smallest absolute Gasteiger partial charge is 0.335 e. The first-order chi connectivity index (χ1) is 9.40. The number of hydrogen-bond acceptors (Lipinski definition) is 3. The molecule has 106 valence electrons. The molecule has 0 spiro atoms. The van der Waals surface area contributed by atoms with Crippen LogP contribution in [0.4, 0.5) is 0 Å². The normalized spacial score (nSPS) is 12.3. The predicted octanol–water partition coefficient (Wildman–Crippen LogP) is 2.39. The molecule has 0 radical (unpaired) electrons. The van der Waals surface area contributed by atoms with Gasteiger partial charge in [0.05, 0.1) is 38.5 Å². The molecule has 0 aliphatic carbocycles. The van der Waals surface area contributed by atoms with Crippen LogP contribution in [0.15, 0.2) is 29.2 Å². The molecule has 0 saturated heterocycles. The first-order valence-electron chi connectivity index (χ1n) is 5.80. The molecule has 1 unspecified atom stereocenters. The Morgan fingerprint density at radius 3 is 2.45 bits per heavy atom. The topological polar surface area (TPSA) is 72.2 Å². The molecule has 1 N–H and O–H groups in total. The molecule has 1 aromatic heterocycles. The molecular weight excluding hydrogens is 300 g/mol. The minimum atomic E-state index is -1.30. The molecule has 5 nitrogen and oxygen atoms in total. The monoisotopic (exact) mass is 312 g/mol. The number of halogens is 1. The molecule has 2 aromatic rings. The Morgan fingerprint density at radius 1 is 1.40 bits per heavy atom. The zero-order valence-electron chi connectivity index (χ0n) is 11.0. The second kappa shape index (κ2) is 5.76. The predicted molar refractivity (Wildman–Crippen MR) is 76.5 cm³/mol. The second-order valence-electron chi connectivity index (χ2n) is 4.29. The molecule has 0 amide bonds. The van der Waals surface area contributed by atoms with Crippen LogP contribution in [-0.2, 0) is 23.6 Å². The minimum absolute atomic E-state index is 0.167. The Bertz CT molecular complexity index is 680. The van der Waals surface area contributed by atoms with E-state index in [-0.39, 0.29) is 11.3 Å². The summed E-state index contributed by atoms with van der Waals surface area (Å²) in [5.74, 6) is -0.768. The van der Waals surface area contributed by atoms with Gasteiger partial charge in [0.2, 0.25) is 0 Å². The van der Waals surface area contributed by atoms with Gasteiger partial charge in [-0.15, -0.1) is 0 Å². The van der Waals surface area contributed by atoms with Gasteiger partial charge in [0.1, 0.15) is 0 Å².